The smallest absolute Gasteiger partial charge is 0.291 e. The van der Waals surface area contributed by atoms with E-state index < -0.39 is 23.9 Å². The van der Waals surface area contributed by atoms with Gasteiger partial charge in [-0.25, -0.2) is 14.4 Å². The van der Waals surface area contributed by atoms with Crippen LogP contribution in [0.1, 0.15) is 16.8 Å². The van der Waals surface area contributed by atoms with Crippen molar-refractivity contribution in [2.45, 2.75) is 6.17 Å². The van der Waals surface area contributed by atoms with E-state index >= 15 is 0 Å². The van der Waals surface area contributed by atoms with Crippen LogP contribution in [0.4, 0.5) is 15.1 Å². The molecule has 0 aliphatic carbocycles. The maximum atomic E-state index is 13.5. The number of hydrogen-bond acceptors (Lipinski definition) is 10. The SMILES string of the molecule is N=C(OC(N)=NC1N=C(c2ccccc2)c2ccccc2NC1=O)c1nc(-c2ccc(F)cn2)sc1N1CCOCC1. The third-order valence-corrected chi connectivity index (χ3v) is 7.64. The van der Waals surface area contributed by atoms with Crippen LogP contribution in [0.25, 0.3) is 10.7 Å². The Morgan fingerprint density at radius 1 is 1.12 bits per heavy atom. The molecule has 0 radical (unpaired) electrons. The number of benzene rings is 2. The molecule has 1 fully saturated rings. The molecule has 4 N–H and O–H groups in total. The standard InChI is InChI=1S/C29H25FN8O3S/c30-18-10-11-21(33-16-18)27-36-23(28(42-27)38-12-14-40-15-13-38)24(31)41-29(32)37-25-26(39)34-20-9-5-4-8-19(20)22(35-25)17-6-2-1-3-7-17/h1-11,16,25,31H,12-15H2,(H2,32,37)(H,34,39). The summed E-state index contributed by atoms with van der Waals surface area (Å²) in [5.41, 5.74) is 9.49. The van der Waals surface area contributed by atoms with Crippen molar-refractivity contribution in [2.75, 3.05) is 36.5 Å². The van der Waals surface area contributed by atoms with Crippen molar-refractivity contribution < 1.29 is 18.7 Å². The zero-order valence-corrected chi connectivity index (χ0v) is 23.0. The number of fused-ring (bicyclic) bond motifs is 1. The molecule has 13 heteroatoms. The first-order valence-electron chi connectivity index (χ1n) is 13.1. The number of hydrogen-bond donors (Lipinski definition) is 3. The number of ether oxygens (including phenoxy) is 2. The van der Waals surface area contributed by atoms with Crippen molar-refractivity contribution in [3.05, 3.63) is 95.6 Å². The van der Waals surface area contributed by atoms with Crippen LogP contribution in [0, 0.1) is 11.2 Å². The molecule has 2 aliphatic rings. The first-order valence-corrected chi connectivity index (χ1v) is 13.9. The normalized spacial score (nSPS) is 17.1. The zero-order chi connectivity index (χ0) is 29.1. The van der Waals surface area contributed by atoms with E-state index in [-0.39, 0.29) is 11.6 Å². The predicted octanol–water partition coefficient (Wildman–Crippen LogP) is 3.65. The van der Waals surface area contributed by atoms with Gasteiger partial charge in [0, 0.05) is 24.2 Å². The molecular weight excluding hydrogens is 559 g/mol. The Labute approximate surface area is 244 Å². The van der Waals surface area contributed by atoms with Crippen LogP contribution in [-0.2, 0) is 14.3 Å². The van der Waals surface area contributed by atoms with Gasteiger partial charge in [-0.2, -0.15) is 4.99 Å². The Morgan fingerprint density at radius 2 is 1.88 bits per heavy atom. The fourth-order valence-electron chi connectivity index (χ4n) is 4.51. The minimum atomic E-state index is -1.27. The van der Waals surface area contributed by atoms with Gasteiger partial charge in [-0.15, -0.1) is 0 Å². The summed E-state index contributed by atoms with van der Waals surface area (Å²) in [6, 6.07) is 19.2. The summed E-state index contributed by atoms with van der Waals surface area (Å²) in [4.78, 5) is 32.7. The van der Waals surface area contributed by atoms with Crippen LogP contribution < -0.4 is 16.0 Å². The highest BCUT2D eigenvalue weighted by molar-refractivity contribution is 7.19. The number of anilines is 2. The van der Waals surface area contributed by atoms with Gasteiger partial charge in [-0.1, -0.05) is 59.9 Å². The quantitative estimate of drug-likeness (QED) is 0.239. The predicted molar refractivity (Wildman–Crippen MR) is 159 cm³/mol. The number of para-hydroxylation sites is 1. The van der Waals surface area contributed by atoms with E-state index in [1.807, 2.05) is 53.4 Å². The van der Waals surface area contributed by atoms with Gasteiger partial charge in [0.2, 0.25) is 12.1 Å². The number of benzodiazepines with no additional fused rings is 1. The molecule has 1 amide bonds. The number of aromatic nitrogens is 2. The Hall–Kier alpha value is -5.01. The molecule has 2 aromatic carbocycles. The maximum Gasteiger partial charge on any atom is 0.291 e. The number of amides is 1. The Morgan fingerprint density at radius 3 is 2.64 bits per heavy atom. The molecule has 1 unspecified atom stereocenters. The largest absolute Gasteiger partial charge is 0.405 e. The molecule has 1 atom stereocenters. The second-order valence-electron chi connectivity index (χ2n) is 9.28. The van der Waals surface area contributed by atoms with Gasteiger partial charge in [-0.3, -0.25) is 15.2 Å². The average Bonchev–Trinajstić information content (AvgIpc) is 3.41. The molecule has 11 nitrogen and oxygen atoms in total. The topological polar surface area (TPSA) is 151 Å². The first kappa shape index (κ1) is 27.2. The number of thiazole rings is 1. The lowest BCUT2D eigenvalue weighted by Crippen LogP contribution is -2.37. The minimum absolute atomic E-state index is 0.215. The number of pyridine rings is 1. The van der Waals surface area contributed by atoms with E-state index in [0.717, 1.165) is 17.3 Å². The van der Waals surface area contributed by atoms with Crippen molar-refractivity contribution in [3.8, 4) is 10.7 Å². The number of nitrogens with zero attached hydrogens (tertiary/aromatic N) is 5. The fourth-order valence-corrected chi connectivity index (χ4v) is 5.60. The highest BCUT2D eigenvalue weighted by Gasteiger charge is 2.28. The van der Waals surface area contributed by atoms with Gasteiger partial charge in [0.05, 0.1) is 36.5 Å². The highest BCUT2D eigenvalue weighted by atomic mass is 32.1. The van der Waals surface area contributed by atoms with E-state index in [0.29, 0.717) is 53.4 Å². The van der Waals surface area contributed by atoms with Crippen LogP contribution in [0.15, 0.2) is 82.9 Å². The molecule has 212 valence electrons. The van der Waals surface area contributed by atoms with Crippen molar-refractivity contribution in [3.63, 3.8) is 0 Å². The van der Waals surface area contributed by atoms with Gasteiger partial charge in [0.25, 0.3) is 11.9 Å². The number of nitrogens with two attached hydrogens (primary N) is 1. The molecule has 1 saturated heterocycles. The summed E-state index contributed by atoms with van der Waals surface area (Å²) in [7, 11) is 0. The molecule has 6 rings (SSSR count). The second-order valence-corrected chi connectivity index (χ2v) is 10.3. The molecule has 2 aliphatic heterocycles. The zero-order valence-electron chi connectivity index (χ0n) is 22.2. The summed E-state index contributed by atoms with van der Waals surface area (Å²) in [6.07, 6.45) is -0.161. The lowest BCUT2D eigenvalue weighted by molar-refractivity contribution is -0.117. The number of rotatable bonds is 5. The number of aliphatic imine (C=N–C) groups is 2. The molecule has 0 saturated carbocycles. The van der Waals surface area contributed by atoms with Crippen LogP contribution in [0.3, 0.4) is 0 Å². The van der Waals surface area contributed by atoms with Crippen molar-refractivity contribution >= 4 is 45.6 Å². The van der Waals surface area contributed by atoms with Crippen LogP contribution >= 0.6 is 11.3 Å². The number of morpholine rings is 1. The van der Waals surface area contributed by atoms with E-state index in [1.54, 1.807) is 6.07 Å². The van der Waals surface area contributed by atoms with E-state index in [9.17, 15) is 9.18 Å². The highest BCUT2D eigenvalue weighted by Crippen LogP contribution is 2.35. The molecule has 0 bridgehead atoms. The van der Waals surface area contributed by atoms with E-state index in [2.05, 4.69) is 25.3 Å². The third kappa shape index (κ3) is 5.73. The molecule has 4 heterocycles. The molecule has 4 aromatic rings. The molecular formula is C29H25FN8O3S. The fraction of sp³-hybridized carbons (Fsp3) is 0.172. The third-order valence-electron chi connectivity index (χ3n) is 6.50. The van der Waals surface area contributed by atoms with Crippen LogP contribution in [0.5, 0.6) is 0 Å². The Balaban J connectivity index is 1.31. The summed E-state index contributed by atoms with van der Waals surface area (Å²) in [5, 5.41) is 12.7. The maximum absolute atomic E-state index is 13.5. The van der Waals surface area contributed by atoms with Gasteiger partial charge < -0.3 is 25.4 Å². The Kier molecular flexibility index (Phi) is 7.66. The molecule has 2 aromatic heterocycles. The lowest BCUT2D eigenvalue weighted by atomic mass is 10.0. The van der Waals surface area contributed by atoms with Crippen molar-refractivity contribution in [1.29, 1.82) is 5.41 Å². The van der Waals surface area contributed by atoms with Crippen molar-refractivity contribution in [2.24, 2.45) is 15.7 Å². The number of nitrogens with one attached hydrogen (secondary N) is 2. The van der Waals surface area contributed by atoms with Gasteiger partial charge in [-0.05, 0) is 18.2 Å². The number of carbonyl (C=O) groups excluding carboxylic acids is 1. The van der Waals surface area contributed by atoms with E-state index in [1.165, 1.54) is 23.5 Å². The van der Waals surface area contributed by atoms with Gasteiger partial charge >= 0.3 is 0 Å². The summed E-state index contributed by atoms with van der Waals surface area (Å²) in [6.45, 7) is 2.20. The van der Waals surface area contributed by atoms with Crippen LogP contribution in [-0.4, -0.2) is 66.0 Å². The van der Waals surface area contributed by atoms with Gasteiger partial charge in [0.1, 0.15) is 15.8 Å². The minimum Gasteiger partial charge on any atom is -0.405 e. The van der Waals surface area contributed by atoms with Gasteiger partial charge in [0.15, 0.2) is 5.69 Å². The van der Waals surface area contributed by atoms with E-state index in [4.69, 9.17) is 20.6 Å². The summed E-state index contributed by atoms with van der Waals surface area (Å²) in [5.74, 6) is -1.33. The summed E-state index contributed by atoms with van der Waals surface area (Å²) >= 11 is 1.30. The summed E-state index contributed by atoms with van der Waals surface area (Å²) < 4.78 is 24.6. The number of carbonyl (C=O) groups is 1. The monoisotopic (exact) mass is 584 g/mol. The first-order chi connectivity index (χ1) is 20.5. The lowest BCUT2D eigenvalue weighted by Gasteiger charge is -2.27. The molecule has 0 spiro atoms. The van der Waals surface area contributed by atoms with Crippen molar-refractivity contribution in [1.82, 2.24) is 9.97 Å². The molecule has 42 heavy (non-hydrogen) atoms. The number of halogens is 1. The average molecular weight is 585 g/mol. The second kappa shape index (κ2) is 11.8. The number of amidine groups is 1. The Bertz CT molecular complexity index is 1680. The van der Waals surface area contributed by atoms with Crippen LogP contribution in [0.2, 0.25) is 0 Å².